The summed E-state index contributed by atoms with van der Waals surface area (Å²) in [5.41, 5.74) is 5.02. The molecule has 0 aromatic rings. The van der Waals surface area contributed by atoms with Gasteiger partial charge in [0.25, 0.3) is 0 Å². The van der Waals surface area contributed by atoms with E-state index in [0.717, 1.165) is 0 Å². The minimum absolute atomic E-state index is 0.0315. The van der Waals surface area contributed by atoms with Crippen molar-refractivity contribution in [1.82, 2.24) is 0 Å². The Bertz CT molecular complexity index is 218. The summed E-state index contributed by atoms with van der Waals surface area (Å²) in [6.07, 6.45) is 0.671. The van der Waals surface area contributed by atoms with Gasteiger partial charge in [-0.05, 0) is 34.1 Å². The number of hydrogen-bond acceptors (Lipinski definition) is 4. The van der Waals surface area contributed by atoms with Crippen LogP contribution in [0.2, 0.25) is 0 Å². The summed E-state index contributed by atoms with van der Waals surface area (Å²) in [6, 6.07) is -0.696. The van der Waals surface area contributed by atoms with E-state index >= 15 is 0 Å². The minimum atomic E-state index is -0.696. The second kappa shape index (κ2) is 5.10. The van der Waals surface area contributed by atoms with E-state index in [1.807, 2.05) is 0 Å². The molecule has 0 bridgehead atoms. The highest BCUT2D eigenvalue weighted by molar-refractivity contribution is 5.79. The van der Waals surface area contributed by atoms with Crippen LogP contribution in [-0.2, 0) is 14.3 Å². The van der Waals surface area contributed by atoms with Crippen LogP contribution >= 0.6 is 0 Å². The first-order valence-corrected chi connectivity index (χ1v) is 4.70. The normalized spacial score (nSPS) is 13.5. The lowest BCUT2D eigenvalue weighted by atomic mass is 10.1. The van der Waals surface area contributed by atoms with Crippen LogP contribution in [0.25, 0.3) is 0 Å². The predicted molar refractivity (Wildman–Crippen MR) is 53.7 cm³/mol. The number of ketones is 1. The van der Waals surface area contributed by atoms with Gasteiger partial charge in [-0.15, -0.1) is 0 Å². The van der Waals surface area contributed by atoms with Crippen molar-refractivity contribution in [2.24, 2.45) is 5.73 Å². The maximum Gasteiger partial charge on any atom is 0.323 e. The number of Topliss-reactive ketones (excluding diaryl/α,β-unsaturated/α-hetero) is 1. The SMILES string of the molecule is CC(=O)CCC(N)C(=O)OC(C)(C)C. The summed E-state index contributed by atoms with van der Waals surface area (Å²) in [6.45, 7) is 6.82. The van der Waals surface area contributed by atoms with Crippen molar-refractivity contribution in [2.75, 3.05) is 0 Å². The standard InChI is InChI=1S/C10H19NO3/c1-7(12)5-6-8(11)9(13)14-10(2,3)4/h8H,5-6,11H2,1-4H3. The van der Waals surface area contributed by atoms with Crippen molar-refractivity contribution >= 4 is 11.8 Å². The average molecular weight is 201 g/mol. The molecule has 0 heterocycles. The minimum Gasteiger partial charge on any atom is -0.459 e. The summed E-state index contributed by atoms with van der Waals surface area (Å²) in [5.74, 6) is -0.414. The van der Waals surface area contributed by atoms with E-state index in [0.29, 0.717) is 12.8 Å². The topological polar surface area (TPSA) is 69.4 Å². The molecule has 0 aliphatic heterocycles. The molecule has 0 amide bonds. The highest BCUT2D eigenvalue weighted by Crippen LogP contribution is 2.09. The number of carbonyl (C=O) groups excluding carboxylic acids is 2. The van der Waals surface area contributed by atoms with Crippen LogP contribution < -0.4 is 5.73 Å². The predicted octanol–water partition coefficient (Wildman–Crippen LogP) is 1.02. The Morgan fingerprint density at radius 1 is 1.36 bits per heavy atom. The van der Waals surface area contributed by atoms with Crippen molar-refractivity contribution in [3.8, 4) is 0 Å². The van der Waals surface area contributed by atoms with Gasteiger partial charge in [0.15, 0.2) is 0 Å². The van der Waals surface area contributed by atoms with Crippen molar-refractivity contribution in [2.45, 2.75) is 52.2 Å². The molecular formula is C10H19NO3. The molecule has 0 saturated carbocycles. The van der Waals surface area contributed by atoms with E-state index in [9.17, 15) is 9.59 Å². The molecule has 0 aromatic carbocycles. The molecule has 82 valence electrons. The number of carbonyl (C=O) groups is 2. The monoisotopic (exact) mass is 201 g/mol. The van der Waals surface area contributed by atoms with Crippen LogP contribution in [0.5, 0.6) is 0 Å². The first-order chi connectivity index (χ1) is 6.22. The molecule has 0 saturated heterocycles. The van der Waals surface area contributed by atoms with Crippen LogP contribution in [0.15, 0.2) is 0 Å². The van der Waals surface area contributed by atoms with Gasteiger partial charge >= 0.3 is 5.97 Å². The average Bonchev–Trinajstić information content (AvgIpc) is 1.96. The molecule has 0 aromatic heterocycles. The Kier molecular flexibility index (Phi) is 4.77. The maximum atomic E-state index is 11.3. The van der Waals surface area contributed by atoms with Crippen molar-refractivity contribution in [3.05, 3.63) is 0 Å². The summed E-state index contributed by atoms with van der Waals surface area (Å²) in [4.78, 5) is 22.0. The summed E-state index contributed by atoms with van der Waals surface area (Å²) >= 11 is 0. The number of esters is 1. The van der Waals surface area contributed by atoms with E-state index in [1.54, 1.807) is 20.8 Å². The molecule has 1 unspecified atom stereocenters. The molecule has 4 heteroatoms. The smallest absolute Gasteiger partial charge is 0.323 e. The van der Waals surface area contributed by atoms with Gasteiger partial charge < -0.3 is 15.3 Å². The number of ether oxygens (including phenoxy) is 1. The summed E-state index contributed by atoms with van der Waals surface area (Å²) in [5, 5.41) is 0. The van der Waals surface area contributed by atoms with Gasteiger partial charge in [-0.25, -0.2) is 0 Å². The fourth-order valence-electron chi connectivity index (χ4n) is 0.854. The van der Waals surface area contributed by atoms with E-state index in [4.69, 9.17) is 10.5 Å². The maximum absolute atomic E-state index is 11.3. The molecule has 0 aliphatic carbocycles. The Hall–Kier alpha value is -0.900. The summed E-state index contributed by atoms with van der Waals surface area (Å²) < 4.78 is 5.06. The van der Waals surface area contributed by atoms with Crippen LogP contribution in [0.1, 0.15) is 40.5 Å². The second-order valence-corrected chi connectivity index (χ2v) is 4.38. The number of nitrogens with two attached hydrogens (primary N) is 1. The van der Waals surface area contributed by atoms with Crippen LogP contribution in [0.3, 0.4) is 0 Å². The third kappa shape index (κ3) is 6.60. The van der Waals surface area contributed by atoms with Crippen LogP contribution in [0.4, 0.5) is 0 Å². The van der Waals surface area contributed by atoms with Crippen LogP contribution in [-0.4, -0.2) is 23.4 Å². The zero-order valence-corrected chi connectivity index (χ0v) is 9.29. The number of rotatable bonds is 4. The zero-order valence-electron chi connectivity index (χ0n) is 9.29. The molecular weight excluding hydrogens is 182 g/mol. The van der Waals surface area contributed by atoms with Gasteiger partial charge in [-0.1, -0.05) is 0 Å². The molecule has 1 atom stereocenters. The molecule has 14 heavy (non-hydrogen) atoms. The van der Waals surface area contributed by atoms with E-state index in [-0.39, 0.29) is 5.78 Å². The van der Waals surface area contributed by atoms with Crippen molar-refractivity contribution < 1.29 is 14.3 Å². The lowest BCUT2D eigenvalue weighted by Crippen LogP contribution is -2.37. The zero-order chi connectivity index (χ0) is 11.4. The third-order valence-corrected chi connectivity index (χ3v) is 1.52. The van der Waals surface area contributed by atoms with E-state index in [1.165, 1.54) is 6.92 Å². The Morgan fingerprint density at radius 3 is 2.21 bits per heavy atom. The van der Waals surface area contributed by atoms with Crippen molar-refractivity contribution in [1.29, 1.82) is 0 Å². The first kappa shape index (κ1) is 13.1. The molecule has 0 fully saturated rings. The Labute approximate surface area is 84.8 Å². The lowest BCUT2D eigenvalue weighted by Gasteiger charge is -2.21. The fourth-order valence-corrected chi connectivity index (χ4v) is 0.854. The fraction of sp³-hybridized carbons (Fsp3) is 0.800. The lowest BCUT2D eigenvalue weighted by molar-refractivity contribution is -0.156. The van der Waals surface area contributed by atoms with E-state index < -0.39 is 17.6 Å². The molecule has 2 N–H and O–H groups in total. The van der Waals surface area contributed by atoms with Gasteiger partial charge in [0, 0.05) is 6.42 Å². The molecule has 0 radical (unpaired) electrons. The first-order valence-electron chi connectivity index (χ1n) is 4.70. The highest BCUT2D eigenvalue weighted by Gasteiger charge is 2.21. The van der Waals surface area contributed by atoms with Gasteiger partial charge in [-0.2, -0.15) is 0 Å². The van der Waals surface area contributed by atoms with Gasteiger partial charge in [0.2, 0.25) is 0 Å². The Balaban J connectivity index is 3.94. The third-order valence-electron chi connectivity index (χ3n) is 1.52. The van der Waals surface area contributed by atoms with Crippen molar-refractivity contribution in [3.63, 3.8) is 0 Å². The summed E-state index contributed by atoms with van der Waals surface area (Å²) in [7, 11) is 0. The molecule has 0 rings (SSSR count). The quantitative estimate of drug-likeness (QED) is 0.689. The van der Waals surface area contributed by atoms with Crippen LogP contribution in [0, 0.1) is 0 Å². The Morgan fingerprint density at radius 2 is 1.86 bits per heavy atom. The molecule has 0 spiro atoms. The van der Waals surface area contributed by atoms with Gasteiger partial charge in [0.05, 0.1) is 0 Å². The van der Waals surface area contributed by atoms with E-state index in [2.05, 4.69) is 0 Å². The number of hydrogen-bond donors (Lipinski definition) is 1. The van der Waals surface area contributed by atoms with Gasteiger partial charge in [-0.3, -0.25) is 4.79 Å². The molecule has 0 aliphatic rings. The molecule has 4 nitrogen and oxygen atoms in total. The largest absolute Gasteiger partial charge is 0.459 e. The second-order valence-electron chi connectivity index (χ2n) is 4.38. The highest BCUT2D eigenvalue weighted by atomic mass is 16.6. The van der Waals surface area contributed by atoms with Gasteiger partial charge in [0.1, 0.15) is 17.4 Å².